The number of alkyl halides is 3. The van der Waals surface area contributed by atoms with E-state index in [0.717, 1.165) is 12.1 Å². The Bertz CT molecular complexity index is 451. The molecule has 1 atom stereocenters. The van der Waals surface area contributed by atoms with Crippen molar-refractivity contribution in [2.75, 3.05) is 0 Å². The predicted octanol–water partition coefficient (Wildman–Crippen LogP) is 2.60. The summed E-state index contributed by atoms with van der Waals surface area (Å²) < 4.78 is 50.7. The first-order valence-electron chi connectivity index (χ1n) is 4.74. The molecule has 0 saturated carbocycles. The number of rotatable bonds is 2. The molecule has 2 nitrogen and oxygen atoms in total. The first-order valence-corrected chi connectivity index (χ1v) is 4.74. The summed E-state index contributed by atoms with van der Waals surface area (Å²) in [5, 5.41) is 0. The molecule has 1 aromatic carbocycles. The Morgan fingerprint density at radius 2 is 1.82 bits per heavy atom. The number of Topliss-reactive ketones (excluding diaryl/α,β-unsaturated/α-hetero) is 1. The molecular weight excluding hydrogens is 238 g/mol. The van der Waals surface area contributed by atoms with Gasteiger partial charge < -0.3 is 5.73 Å². The van der Waals surface area contributed by atoms with Crippen LogP contribution in [-0.2, 0) is 0 Å². The molecule has 2 N–H and O–H groups in total. The maximum absolute atomic E-state index is 13.1. The van der Waals surface area contributed by atoms with Gasteiger partial charge in [0.1, 0.15) is 5.82 Å². The van der Waals surface area contributed by atoms with Crippen LogP contribution in [0, 0.1) is 12.7 Å². The number of nitrogens with two attached hydrogens (primary N) is 1. The van der Waals surface area contributed by atoms with E-state index in [9.17, 15) is 22.4 Å². The first-order chi connectivity index (χ1) is 7.57. The van der Waals surface area contributed by atoms with Crippen LogP contribution in [-0.4, -0.2) is 17.5 Å². The van der Waals surface area contributed by atoms with Crippen molar-refractivity contribution in [2.24, 2.45) is 5.73 Å². The van der Waals surface area contributed by atoms with Crippen molar-refractivity contribution in [3.63, 3.8) is 0 Å². The number of aryl methyl sites for hydroxylation is 1. The summed E-state index contributed by atoms with van der Waals surface area (Å²) in [6, 6.07) is 3.11. The molecule has 0 saturated heterocycles. The average molecular weight is 249 g/mol. The zero-order valence-electron chi connectivity index (χ0n) is 9.23. The van der Waals surface area contributed by atoms with Crippen molar-refractivity contribution < 1.29 is 22.4 Å². The predicted molar refractivity (Wildman–Crippen MR) is 54.1 cm³/mol. The Hall–Kier alpha value is -1.43. The van der Waals surface area contributed by atoms with Crippen LogP contribution >= 0.6 is 0 Å². The van der Waals surface area contributed by atoms with Gasteiger partial charge >= 0.3 is 6.18 Å². The van der Waals surface area contributed by atoms with Crippen molar-refractivity contribution in [3.05, 3.63) is 35.1 Å². The molecule has 0 heterocycles. The van der Waals surface area contributed by atoms with Gasteiger partial charge in [-0.2, -0.15) is 13.2 Å². The van der Waals surface area contributed by atoms with Crippen LogP contribution in [0.25, 0.3) is 0 Å². The molecule has 6 heteroatoms. The number of benzene rings is 1. The van der Waals surface area contributed by atoms with E-state index in [1.807, 2.05) is 0 Å². The number of carbonyl (C=O) groups excluding carboxylic acids is 1. The topological polar surface area (TPSA) is 43.1 Å². The summed E-state index contributed by atoms with van der Waals surface area (Å²) in [5.41, 5.74) is 1.79. The van der Waals surface area contributed by atoms with Crippen LogP contribution in [0.15, 0.2) is 18.2 Å². The SMILES string of the molecule is Cc1ccc(C(=O)C(C)(N)C(F)(F)F)cc1F. The van der Waals surface area contributed by atoms with Crippen molar-refractivity contribution in [1.82, 2.24) is 0 Å². The highest BCUT2D eigenvalue weighted by atomic mass is 19.4. The van der Waals surface area contributed by atoms with E-state index in [0.29, 0.717) is 6.92 Å². The van der Waals surface area contributed by atoms with Gasteiger partial charge in [-0.3, -0.25) is 4.79 Å². The van der Waals surface area contributed by atoms with E-state index in [1.165, 1.54) is 13.0 Å². The van der Waals surface area contributed by atoms with Crippen LogP contribution in [0.3, 0.4) is 0 Å². The minimum absolute atomic E-state index is 0.243. The second kappa shape index (κ2) is 4.10. The Kier molecular flexibility index (Phi) is 3.29. The summed E-state index contributed by atoms with van der Waals surface area (Å²) in [4.78, 5) is 11.6. The standard InChI is InChI=1S/C11H11F4NO/c1-6-3-4-7(5-8(6)12)9(17)10(2,16)11(13,14)15/h3-5H,16H2,1-2H3. The number of hydrogen-bond donors (Lipinski definition) is 1. The Labute approximate surface area is 95.4 Å². The fraction of sp³-hybridized carbons (Fsp3) is 0.364. The lowest BCUT2D eigenvalue weighted by molar-refractivity contribution is -0.165. The highest BCUT2D eigenvalue weighted by Crippen LogP contribution is 2.31. The van der Waals surface area contributed by atoms with Crippen LogP contribution in [0.2, 0.25) is 0 Å². The maximum Gasteiger partial charge on any atom is 0.413 e. The number of hydrogen-bond acceptors (Lipinski definition) is 2. The molecule has 1 aromatic rings. The smallest absolute Gasteiger partial charge is 0.311 e. The van der Waals surface area contributed by atoms with Gasteiger partial charge in [0, 0.05) is 5.56 Å². The molecule has 1 unspecified atom stereocenters. The summed E-state index contributed by atoms with van der Waals surface area (Å²) in [6.45, 7) is 2.00. The van der Waals surface area contributed by atoms with Crippen LogP contribution in [0.1, 0.15) is 22.8 Å². The third kappa shape index (κ3) is 2.46. The summed E-state index contributed by atoms with van der Waals surface area (Å²) in [6.07, 6.45) is -4.88. The summed E-state index contributed by atoms with van der Waals surface area (Å²) >= 11 is 0. The fourth-order valence-corrected chi connectivity index (χ4v) is 1.16. The molecule has 0 fully saturated rings. The average Bonchev–Trinajstić information content (AvgIpc) is 2.19. The van der Waals surface area contributed by atoms with E-state index in [1.54, 1.807) is 0 Å². The van der Waals surface area contributed by atoms with E-state index in [4.69, 9.17) is 5.73 Å². The monoisotopic (exact) mass is 249 g/mol. The van der Waals surface area contributed by atoms with Crippen LogP contribution in [0.5, 0.6) is 0 Å². The molecule has 0 bridgehead atoms. The minimum atomic E-state index is -4.88. The molecule has 0 aliphatic heterocycles. The van der Waals surface area contributed by atoms with Crippen LogP contribution < -0.4 is 5.73 Å². The Morgan fingerprint density at radius 3 is 2.24 bits per heavy atom. The van der Waals surface area contributed by atoms with E-state index in [2.05, 4.69) is 0 Å². The van der Waals surface area contributed by atoms with Gasteiger partial charge in [-0.15, -0.1) is 0 Å². The molecule has 0 aliphatic rings. The molecule has 0 amide bonds. The Balaban J connectivity index is 3.17. The van der Waals surface area contributed by atoms with Gasteiger partial charge in [0.05, 0.1) is 0 Å². The number of halogens is 4. The largest absolute Gasteiger partial charge is 0.413 e. The fourth-order valence-electron chi connectivity index (χ4n) is 1.16. The summed E-state index contributed by atoms with van der Waals surface area (Å²) in [7, 11) is 0. The second-order valence-corrected chi connectivity index (χ2v) is 3.99. The van der Waals surface area contributed by atoms with Gasteiger partial charge in [0.2, 0.25) is 0 Å². The van der Waals surface area contributed by atoms with Crippen molar-refractivity contribution in [2.45, 2.75) is 25.6 Å². The first kappa shape index (κ1) is 13.6. The number of ketones is 1. The lowest BCUT2D eigenvalue weighted by Crippen LogP contribution is -2.57. The van der Waals surface area contributed by atoms with Gasteiger partial charge in [0.25, 0.3) is 0 Å². The second-order valence-electron chi connectivity index (χ2n) is 3.99. The molecule has 1 rings (SSSR count). The third-order valence-electron chi connectivity index (χ3n) is 2.49. The van der Waals surface area contributed by atoms with Gasteiger partial charge in [-0.1, -0.05) is 12.1 Å². The van der Waals surface area contributed by atoms with Crippen LogP contribution in [0.4, 0.5) is 17.6 Å². The molecular formula is C11H11F4NO. The highest BCUT2D eigenvalue weighted by Gasteiger charge is 2.53. The summed E-state index contributed by atoms with van der Waals surface area (Å²) in [5.74, 6) is -2.10. The highest BCUT2D eigenvalue weighted by molar-refractivity contribution is 6.03. The molecule has 0 aliphatic carbocycles. The maximum atomic E-state index is 13.1. The zero-order valence-corrected chi connectivity index (χ0v) is 9.23. The molecule has 0 spiro atoms. The lowest BCUT2D eigenvalue weighted by Gasteiger charge is -2.26. The molecule has 0 aromatic heterocycles. The zero-order chi connectivity index (χ0) is 13.4. The van der Waals surface area contributed by atoms with E-state index < -0.39 is 28.9 Å². The van der Waals surface area contributed by atoms with Gasteiger partial charge in [0.15, 0.2) is 11.3 Å². The van der Waals surface area contributed by atoms with Gasteiger partial charge in [-0.05, 0) is 25.5 Å². The Morgan fingerprint density at radius 1 is 1.29 bits per heavy atom. The lowest BCUT2D eigenvalue weighted by atomic mass is 9.91. The quantitative estimate of drug-likeness (QED) is 0.646. The molecule has 94 valence electrons. The number of carbonyl (C=O) groups is 1. The third-order valence-corrected chi connectivity index (χ3v) is 2.49. The van der Waals surface area contributed by atoms with Crippen molar-refractivity contribution >= 4 is 5.78 Å². The normalized spacial score (nSPS) is 15.5. The van der Waals surface area contributed by atoms with Crippen molar-refractivity contribution in [3.8, 4) is 0 Å². The molecule has 17 heavy (non-hydrogen) atoms. The van der Waals surface area contributed by atoms with Gasteiger partial charge in [-0.25, -0.2) is 4.39 Å². The molecule has 0 radical (unpaired) electrons. The van der Waals surface area contributed by atoms with Crippen molar-refractivity contribution in [1.29, 1.82) is 0 Å². The van der Waals surface area contributed by atoms with E-state index in [-0.39, 0.29) is 5.56 Å². The minimum Gasteiger partial charge on any atom is -0.311 e. The van der Waals surface area contributed by atoms with E-state index >= 15 is 0 Å².